The monoisotopic (exact) mass is 603 g/mol. The van der Waals surface area contributed by atoms with Crippen molar-refractivity contribution < 1.29 is 44.9 Å². The molecular weight excluding hydrogens is 547 g/mol. The zero-order valence-corrected chi connectivity index (χ0v) is 26.5. The fourth-order valence-electron chi connectivity index (χ4n) is 8.50. The predicted molar refractivity (Wildman–Crippen MR) is 159 cm³/mol. The molecule has 0 radical (unpaired) electrons. The van der Waals surface area contributed by atoms with Crippen LogP contribution in [0.4, 0.5) is 0 Å². The van der Waals surface area contributed by atoms with Crippen molar-refractivity contribution in [3.8, 4) is 0 Å². The molecule has 0 spiro atoms. The van der Waals surface area contributed by atoms with E-state index in [1.54, 1.807) is 0 Å². The van der Waals surface area contributed by atoms with E-state index in [9.17, 15) is 35.4 Å². The van der Waals surface area contributed by atoms with E-state index < -0.39 is 60.9 Å². The highest BCUT2D eigenvalue weighted by molar-refractivity contribution is 5.86. The lowest BCUT2D eigenvalue weighted by molar-refractivity contribution is -0.317. The van der Waals surface area contributed by atoms with Gasteiger partial charge in [-0.25, -0.2) is 0 Å². The molecule has 3 aliphatic rings. The number of carbonyl (C=O) groups excluding carboxylic acids is 1. The minimum Gasteiger partial charge on any atom is -0.396 e. The molecule has 0 aromatic heterocycles. The number of fused-ring (bicyclic) bond motifs is 1. The number of aliphatic hydroxyl groups is 6. The van der Waals surface area contributed by atoms with Crippen molar-refractivity contribution in [3.05, 3.63) is 23.3 Å². The van der Waals surface area contributed by atoms with Gasteiger partial charge in [0.1, 0.15) is 30.2 Å². The summed E-state index contributed by atoms with van der Waals surface area (Å²) in [5, 5.41) is 62.5. The number of Topliss-reactive ketones (excluding diaryl/α,β-unsaturated/α-hetero) is 1. The van der Waals surface area contributed by atoms with Gasteiger partial charge in [-0.2, -0.15) is 0 Å². The summed E-state index contributed by atoms with van der Waals surface area (Å²) in [6.07, 6.45) is -1.41. The Kier molecular flexibility index (Phi) is 12.4. The molecule has 42 heavy (non-hydrogen) atoms. The lowest BCUT2D eigenvalue weighted by Gasteiger charge is -2.55. The topological polar surface area (TPSA) is 157 Å². The maximum atomic E-state index is 14.0. The van der Waals surface area contributed by atoms with E-state index in [1.807, 2.05) is 40.7 Å². The highest BCUT2D eigenvalue weighted by Crippen LogP contribution is 2.58. The fourth-order valence-corrected chi connectivity index (χ4v) is 8.50. The second kappa shape index (κ2) is 14.7. The summed E-state index contributed by atoms with van der Waals surface area (Å²) in [6, 6.07) is 0. The van der Waals surface area contributed by atoms with Gasteiger partial charge in [0, 0.05) is 24.4 Å². The Balaban J connectivity index is 2.06. The standard InChI is InChI=1S/C33H56O9/c1-8-9-18(3)28(37)21(6)24(41-32-31(40)30(39)29(38)25(16-35)42-32)15-23-19(4)14-22-13-17(2)12-20(5)27(22)33(23,7)26(36)10-11-34/h9,14,17,20-25,27-32,34-35,37-40H,8,10-13,15-16H2,1-7H3/b18-9+/t17-,20+,21-,22+,23-,24-,25+,27-,28+,29+,30-,31+,32+,33+/m0/s1/i9+1,12+1,14+1,24+1,26+1,27+1,28+1. The van der Waals surface area contributed by atoms with E-state index >= 15 is 0 Å². The first-order chi connectivity index (χ1) is 19.7. The van der Waals surface area contributed by atoms with Crippen LogP contribution in [0.1, 0.15) is 80.6 Å². The van der Waals surface area contributed by atoms with Gasteiger partial charge in [-0.05, 0) is 74.7 Å². The normalized spacial score (nSPS) is 41.5. The van der Waals surface area contributed by atoms with Crippen LogP contribution in [-0.4, -0.2) is 92.5 Å². The molecule has 242 valence electrons. The number of ketones is 1. The van der Waals surface area contributed by atoms with Crippen LogP contribution in [0.15, 0.2) is 23.3 Å². The SMILES string of the molecule is CC/[13CH]=C(\C)[13C@@H](O)[C@@H](C)[13C@H](C[C@H]1C(C)=[13CH][C@H]2C[C@@H](C)[13CH2][C@@H](C)[13C@@H]2[C@@]1(C)[13C](=O)CCO)O[C@@H]1O[C@H](CO)[C@@H](O)[C@H](O)[C@H]1O. The maximum Gasteiger partial charge on any atom is 0.186 e. The number of allylic oxidation sites excluding steroid dienone is 3. The van der Waals surface area contributed by atoms with Gasteiger partial charge < -0.3 is 40.1 Å². The van der Waals surface area contributed by atoms with Crippen molar-refractivity contribution in [3.63, 3.8) is 0 Å². The van der Waals surface area contributed by atoms with Crippen LogP contribution >= 0.6 is 0 Å². The first-order valence-corrected chi connectivity index (χ1v) is 15.9. The van der Waals surface area contributed by atoms with Crippen LogP contribution in [0.2, 0.25) is 0 Å². The molecule has 0 aromatic rings. The summed E-state index contributed by atoms with van der Waals surface area (Å²) >= 11 is 0. The van der Waals surface area contributed by atoms with Crippen molar-refractivity contribution in [1.82, 2.24) is 0 Å². The molecule has 1 saturated carbocycles. The smallest absolute Gasteiger partial charge is 0.186 e. The zero-order chi connectivity index (χ0) is 31.5. The third-order valence-electron chi connectivity index (χ3n) is 10.6. The Morgan fingerprint density at radius 1 is 1.17 bits per heavy atom. The maximum absolute atomic E-state index is 14.0. The number of hydrogen-bond donors (Lipinski definition) is 6. The van der Waals surface area contributed by atoms with Gasteiger partial charge in [0.15, 0.2) is 6.29 Å². The van der Waals surface area contributed by atoms with Gasteiger partial charge in [0.05, 0.1) is 18.8 Å². The van der Waals surface area contributed by atoms with Gasteiger partial charge in [-0.1, -0.05) is 52.3 Å². The third kappa shape index (κ3) is 7.04. The van der Waals surface area contributed by atoms with Gasteiger partial charge in [0.2, 0.25) is 0 Å². The average Bonchev–Trinajstić information content (AvgIpc) is 2.93. The molecule has 6 N–H and O–H groups in total. The summed E-state index contributed by atoms with van der Waals surface area (Å²) in [7, 11) is 0. The van der Waals surface area contributed by atoms with Crippen LogP contribution in [0.25, 0.3) is 0 Å². The van der Waals surface area contributed by atoms with Crippen molar-refractivity contribution in [2.45, 2.75) is 123 Å². The van der Waals surface area contributed by atoms with Gasteiger partial charge in [0.25, 0.3) is 0 Å². The van der Waals surface area contributed by atoms with E-state index in [0.717, 1.165) is 30.4 Å². The van der Waals surface area contributed by atoms with Crippen molar-refractivity contribution in [1.29, 1.82) is 0 Å². The summed E-state index contributed by atoms with van der Waals surface area (Å²) in [4.78, 5) is 14.0. The second-order valence-electron chi connectivity index (χ2n) is 13.7. The highest BCUT2D eigenvalue weighted by atomic mass is 16.7. The number of rotatable bonds is 12. The molecule has 1 heterocycles. The molecule has 0 unspecified atom stereocenters. The Morgan fingerprint density at radius 2 is 1.83 bits per heavy atom. The molecule has 0 aromatic carbocycles. The molecule has 1 aliphatic heterocycles. The molecule has 0 bridgehead atoms. The number of carbonyl (C=O) groups is 1. The van der Waals surface area contributed by atoms with Crippen LogP contribution in [-0.2, 0) is 14.3 Å². The van der Waals surface area contributed by atoms with Crippen LogP contribution < -0.4 is 0 Å². The molecule has 9 heteroatoms. The van der Waals surface area contributed by atoms with Crippen molar-refractivity contribution in [2.24, 2.45) is 40.9 Å². The van der Waals surface area contributed by atoms with Crippen molar-refractivity contribution in [2.75, 3.05) is 13.2 Å². The molecule has 1 saturated heterocycles. The third-order valence-corrected chi connectivity index (χ3v) is 10.6. The quantitative estimate of drug-likeness (QED) is 0.146. The number of ether oxygens (including phenoxy) is 2. The molecule has 14 atom stereocenters. The van der Waals surface area contributed by atoms with Crippen LogP contribution in [0.3, 0.4) is 0 Å². The van der Waals surface area contributed by atoms with E-state index in [1.165, 1.54) is 0 Å². The first kappa shape index (κ1) is 35.3. The van der Waals surface area contributed by atoms with E-state index in [-0.39, 0.29) is 36.6 Å². The summed E-state index contributed by atoms with van der Waals surface area (Å²) < 4.78 is 12.1. The summed E-state index contributed by atoms with van der Waals surface area (Å²) in [5.74, 6) is 0.415. The van der Waals surface area contributed by atoms with E-state index in [2.05, 4.69) is 19.9 Å². The Bertz CT molecular complexity index is 963. The molecule has 9 nitrogen and oxygen atoms in total. The second-order valence-corrected chi connectivity index (χ2v) is 13.7. The van der Waals surface area contributed by atoms with Gasteiger partial charge >= 0.3 is 0 Å². The summed E-state index contributed by atoms with van der Waals surface area (Å²) in [5.41, 5.74) is 1.05. The lowest BCUT2D eigenvalue weighted by Crippen LogP contribution is -2.60. The lowest BCUT2D eigenvalue weighted by atomic mass is 9.70. The van der Waals surface area contributed by atoms with Gasteiger partial charge in [-0.15, -0.1) is 0 Å². The zero-order valence-electron chi connectivity index (χ0n) is 26.5. The number of aliphatic hydroxyl groups excluding tert-OH is 6. The van der Waals surface area contributed by atoms with Crippen LogP contribution in [0.5, 0.6) is 0 Å². The van der Waals surface area contributed by atoms with Crippen molar-refractivity contribution >= 4 is 5.78 Å². The molecular formula is C33H56O9. The van der Waals surface area contributed by atoms with E-state index in [0.29, 0.717) is 18.3 Å². The largest absolute Gasteiger partial charge is 0.396 e. The highest BCUT2D eigenvalue weighted by Gasteiger charge is 2.56. The van der Waals surface area contributed by atoms with E-state index in [4.69, 9.17) is 9.47 Å². The Hall–Kier alpha value is -1.17. The predicted octanol–water partition coefficient (Wildman–Crippen LogP) is 2.75. The molecule has 3 rings (SSSR count). The van der Waals surface area contributed by atoms with Gasteiger partial charge in [-0.3, -0.25) is 4.79 Å². The summed E-state index contributed by atoms with van der Waals surface area (Å²) in [6.45, 7) is 13.4. The number of hydrogen-bond acceptors (Lipinski definition) is 9. The minimum atomic E-state index is -1.60. The average molecular weight is 604 g/mol. The molecule has 0 amide bonds. The Morgan fingerprint density at radius 3 is 2.43 bits per heavy atom. The molecule has 2 fully saturated rings. The van der Waals surface area contributed by atoms with Crippen LogP contribution in [0, 0.1) is 40.9 Å². The minimum absolute atomic E-state index is 0.0145. The fraction of sp³-hybridized carbons (Fsp3) is 0.848. The Labute approximate surface area is 251 Å². The molecule has 2 aliphatic carbocycles. The first-order valence-electron chi connectivity index (χ1n) is 15.9.